The molecule has 80 valence electrons. The number of amidine groups is 1. The molecule has 0 aromatic heterocycles. The molecule has 0 N–H and O–H groups in total. The zero-order valence-electron chi connectivity index (χ0n) is 8.53. The molecule has 5 nitrogen and oxygen atoms in total. The van der Waals surface area contributed by atoms with Gasteiger partial charge < -0.3 is 9.57 Å². The van der Waals surface area contributed by atoms with Crippen LogP contribution in [-0.2, 0) is 9.57 Å². The van der Waals surface area contributed by atoms with Crippen LogP contribution in [-0.4, -0.2) is 37.4 Å². The summed E-state index contributed by atoms with van der Waals surface area (Å²) in [4.78, 5) is 8.83. The molecular weight excluding hydrogens is 206 g/mol. The van der Waals surface area contributed by atoms with Crippen molar-refractivity contribution >= 4 is 23.1 Å². The van der Waals surface area contributed by atoms with Crippen LogP contribution in [0.2, 0.25) is 0 Å². The minimum atomic E-state index is 0.257. The van der Waals surface area contributed by atoms with Gasteiger partial charge >= 0.3 is 0 Å². The summed E-state index contributed by atoms with van der Waals surface area (Å²) in [5, 5.41) is 5.19. The van der Waals surface area contributed by atoms with Crippen molar-refractivity contribution < 1.29 is 9.57 Å². The van der Waals surface area contributed by atoms with E-state index in [1.54, 1.807) is 21.1 Å². The Bertz CT molecular complexity index is 241. The Kier molecular flexibility index (Phi) is 6.78. The maximum atomic E-state index is 5.32. The smallest absolute Gasteiger partial charge is 0.178 e. The molecule has 0 rings (SSSR count). The molecule has 0 aromatic carbocycles. The van der Waals surface area contributed by atoms with Crippen molar-refractivity contribution in [3.8, 4) is 0 Å². The summed E-state index contributed by atoms with van der Waals surface area (Å²) in [5.74, 6) is 0.939. The van der Waals surface area contributed by atoms with Crippen molar-refractivity contribution in [2.45, 2.75) is 6.92 Å². The topological polar surface area (TPSA) is 46.4 Å². The molecule has 0 bridgehead atoms. The van der Waals surface area contributed by atoms with Crippen LogP contribution in [0.1, 0.15) is 6.92 Å². The van der Waals surface area contributed by atoms with E-state index in [4.69, 9.17) is 21.2 Å². The fourth-order valence-corrected chi connectivity index (χ4v) is 0.799. The van der Waals surface area contributed by atoms with Crippen LogP contribution >= 0.6 is 11.6 Å². The highest BCUT2D eigenvalue weighted by molar-refractivity contribution is 6.57. The van der Waals surface area contributed by atoms with Gasteiger partial charge in [0.2, 0.25) is 0 Å². The fourth-order valence-electron chi connectivity index (χ4n) is 0.686. The molecule has 0 saturated heterocycles. The van der Waals surface area contributed by atoms with Gasteiger partial charge in [0, 0.05) is 7.11 Å². The summed E-state index contributed by atoms with van der Waals surface area (Å²) in [6, 6.07) is 0. The standard InChI is InChI=1S/C8H14ClN3O2/c1-7(2)14-12(3)11-8(5-13-4)10-6-9/h6H,1,5H2,2-4H3/b10-6?,11-8-. The second kappa shape index (κ2) is 7.34. The number of hydroxylamine groups is 1. The van der Waals surface area contributed by atoms with Crippen molar-refractivity contribution in [3.05, 3.63) is 12.3 Å². The maximum absolute atomic E-state index is 5.32. The van der Waals surface area contributed by atoms with E-state index in [-0.39, 0.29) is 6.61 Å². The Morgan fingerprint density at radius 2 is 2.29 bits per heavy atom. The molecule has 0 spiro atoms. The van der Waals surface area contributed by atoms with Crippen molar-refractivity contribution in [3.63, 3.8) is 0 Å². The van der Waals surface area contributed by atoms with Crippen molar-refractivity contribution in [1.29, 1.82) is 0 Å². The molecule has 0 fully saturated rings. The van der Waals surface area contributed by atoms with Gasteiger partial charge in [0.15, 0.2) is 5.84 Å². The first kappa shape index (κ1) is 12.9. The molecule has 0 radical (unpaired) electrons. The number of ether oxygens (including phenoxy) is 1. The molecule has 0 aromatic rings. The third-order valence-electron chi connectivity index (χ3n) is 1.02. The summed E-state index contributed by atoms with van der Waals surface area (Å²) in [5.41, 5.74) is 1.12. The summed E-state index contributed by atoms with van der Waals surface area (Å²) < 4.78 is 4.85. The van der Waals surface area contributed by atoms with Crippen LogP contribution in [0.4, 0.5) is 0 Å². The van der Waals surface area contributed by atoms with Gasteiger partial charge in [0.05, 0.1) is 12.7 Å². The summed E-state index contributed by atoms with van der Waals surface area (Å²) in [6.45, 7) is 5.54. The minimum absolute atomic E-state index is 0.257. The van der Waals surface area contributed by atoms with Crippen molar-refractivity contribution in [2.24, 2.45) is 10.1 Å². The quantitative estimate of drug-likeness (QED) is 0.306. The van der Waals surface area contributed by atoms with Crippen molar-refractivity contribution in [1.82, 2.24) is 5.17 Å². The van der Waals surface area contributed by atoms with Gasteiger partial charge in [-0.2, -0.15) is 0 Å². The number of hydrazone groups is 1. The lowest BCUT2D eigenvalue weighted by Crippen LogP contribution is -2.15. The first-order chi connectivity index (χ1) is 6.60. The van der Waals surface area contributed by atoms with Crippen LogP contribution < -0.4 is 0 Å². The van der Waals surface area contributed by atoms with E-state index in [1.807, 2.05) is 0 Å². The second-order valence-electron chi connectivity index (χ2n) is 2.43. The van der Waals surface area contributed by atoms with Gasteiger partial charge in [-0.25, -0.2) is 4.99 Å². The average molecular weight is 220 g/mol. The highest BCUT2D eigenvalue weighted by Crippen LogP contribution is 1.97. The molecule has 0 aliphatic heterocycles. The number of hydrogen-bond donors (Lipinski definition) is 0. The lowest BCUT2D eigenvalue weighted by molar-refractivity contribution is -0.0948. The fraction of sp³-hybridized carbons (Fsp3) is 0.500. The number of hydrogen-bond acceptors (Lipinski definition) is 4. The second-order valence-corrected chi connectivity index (χ2v) is 2.63. The van der Waals surface area contributed by atoms with E-state index in [0.29, 0.717) is 11.6 Å². The van der Waals surface area contributed by atoms with Crippen molar-refractivity contribution in [2.75, 3.05) is 20.8 Å². The number of halogens is 1. The number of aliphatic imine (C=N–C) groups is 1. The van der Waals surface area contributed by atoms with Crippen LogP contribution in [0.15, 0.2) is 22.4 Å². The van der Waals surface area contributed by atoms with Gasteiger partial charge in [-0.1, -0.05) is 18.2 Å². The molecule has 0 heterocycles. The van der Waals surface area contributed by atoms with E-state index in [0.717, 1.165) is 5.67 Å². The highest BCUT2D eigenvalue weighted by atomic mass is 35.5. The monoisotopic (exact) mass is 219 g/mol. The van der Waals surface area contributed by atoms with E-state index < -0.39 is 0 Å². The molecule has 0 unspecified atom stereocenters. The number of methoxy groups -OCH3 is 1. The van der Waals surface area contributed by atoms with E-state index in [2.05, 4.69) is 16.7 Å². The molecule has 0 saturated carbocycles. The normalized spacial score (nSPS) is 11.9. The Morgan fingerprint density at radius 1 is 1.64 bits per heavy atom. The average Bonchev–Trinajstić information content (AvgIpc) is 2.03. The van der Waals surface area contributed by atoms with Crippen LogP contribution in [0.25, 0.3) is 0 Å². The van der Waals surface area contributed by atoms with E-state index in [9.17, 15) is 0 Å². The Morgan fingerprint density at radius 3 is 2.71 bits per heavy atom. The summed E-state index contributed by atoms with van der Waals surface area (Å²) in [7, 11) is 3.16. The van der Waals surface area contributed by atoms with Gasteiger partial charge in [-0.3, -0.25) is 0 Å². The minimum Gasteiger partial charge on any atom is -0.377 e. The molecular formula is C8H14ClN3O2. The third kappa shape index (κ3) is 6.45. The molecule has 0 amide bonds. The van der Waals surface area contributed by atoms with Gasteiger partial charge in [-0.05, 0) is 6.92 Å². The van der Waals surface area contributed by atoms with Crippen LogP contribution in [0.5, 0.6) is 0 Å². The number of rotatable bonds is 5. The third-order valence-corrected chi connectivity index (χ3v) is 1.11. The Labute approximate surface area is 88.6 Å². The van der Waals surface area contributed by atoms with E-state index in [1.165, 1.54) is 5.17 Å². The van der Waals surface area contributed by atoms with Crippen LogP contribution in [0.3, 0.4) is 0 Å². The predicted molar refractivity (Wildman–Crippen MR) is 57.3 cm³/mol. The Balaban J connectivity index is 4.31. The van der Waals surface area contributed by atoms with Gasteiger partial charge in [0.1, 0.15) is 12.4 Å². The maximum Gasteiger partial charge on any atom is 0.178 e. The first-order valence-corrected chi connectivity index (χ1v) is 4.30. The lowest BCUT2D eigenvalue weighted by Gasteiger charge is -2.13. The molecule has 6 heteroatoms. The van der Waals surface area contributed by atoms with E-state index >= 15 is 0 Å². The zero-order valence-corrected chi connectivity index (χ0v) is 9.28. The molecule has 0 atom stereocenters. The first-order valence-electron chi connectivity index (χ1n) is 3.86. The summed E-state index contributed by atoms with van der Waals surface area (Å²) >= 11 is 5.32. The number of nitrogens with zero attached hydrogens (tertiary/aromatic N) is 3. The molecule has 0 aliphatic carbocycles. The molecule has 0 aliphatic rings. The lowest BCUT2D eigenvalue weighted by atomic mass is 10.6. The molecule has 14 heavy (non-hydrogen) atoms. The predicted octanol–water partition coefficient (Wildman–Crippen LogP) is 1.61. The SMILES string of the molecule is C=C(C)ON(C)/N=C(/COC)N=CCl. The number of allylic oxidation sites excluding steroid dienone is 1. The highest BCUT2D eigenvalue weighted by Gasteiger charge is 1.99. The summed E-state index contributed by atoms with van der Waals surface area (Å²) in [6.07, 6.45) is 0. The largest absolute Gasteiger partial charge is 0.377 e. The van der Waals surface area contributed by atoms with Gasteiger partial charge in [-0.15, -0.1) is 10.3 Å². The van der Waals surface area contributed by atoms with Gasteiger partial charge in [0.25, 0.3) is 0 Å². The Hall–Kier alpha value is -1.07. The zero-order chi connectivity index (χ0) is 11.0. The van der Waals surface area contributed by atoms with Crippen LogP contribution in [0, 0.1) is 0 Å².